The summed E-state index contributed by atoms with van der Waals surface area (Å²) >= 11 is 0. The van der Waals surface area contributed by atoms with Crippen molar-refractivity contribution in [3.8, 4) is 0 Å². The van der Waals surface area contributed by atoms with E-state index in [2.05, 4.69) is 26.0 Å². The van der Waals surface area contributed by atoms with Gasteiger partial charge in [0.15, 0.2) is 5.82 Å². The molecule has 1 amide bonds. The van der Waals surface area contributed by atoms with Crippen LogP contribution in [0.2, 0.25) is 0 Å². The first-order valence-electron chi connectivity index (χ1n) is 7.93. The van der Waals surface area contributed by atoms with E-state index in [-0.39, 0.29) is 31.1 Å². The van der Waals surface area contributed by atoms with E-state index in [1.54, 1.807) is 23.3 Å². The van der Waals surface area contributed by atoms with Gasteiger partial charge in [-0.05, 0) is 12.2 Å². The van der Waals surface area contributed by atoms with Crippen molar-refractivity contribution in [1.29, 1.82) is 0 Å². The van der Waals surface area contributed by atoms with Gasteiger partial charge >= 0.3 is 0 Å². The summed E-state index contributed by atoms with van der Waals surface area (Å²) in [6.45, 7) is 0.508. The molecule has 1 fully saturated rings. The Balaban J connectivity index is 1.50. The first-order valence-corrected chi connectivity index (χ1v) is 7.93. The fourth-order valence-corrected chi connectivity index (χ4v) is 2.98. The fourth-order valence-electron chi connectivity index (χ4n) is 2.98. The summed E-state index contributed by atoms with van der Waals surface area (Å²) in [5.74, 6) is -2.02. The van der Waals surface area contributed by atoms with Gasteiger partial charge in [0.1, 0.15) is 17.7 Å². The predicted molar refractivity (Wildman–Crippen MR) is 87.6 cm³/mol. The van der Waals surface area contributed by atoms with Crippen molar-refractivity contribution in [1.82, 2.24) is 25.2 Å². The number of halogens is 2. The molecule has 1 aromatic heterocycles. The third kappa shape index (κ3) is 3.12. The van der Waals surface area contributed by atoms with E-state index in [1.165, 1.54) is 17.1 Å². The Bertz CT molecular complexity index is 783. The molecule has 1 saturated heterocycles. The molecule has 0 radical (unpaired) electrons. The summed E-state index contributed by atoms with van der Waals surface area (Å²) in [7, 11) is 0. The monoisotopic (exact) mass is 349 g/mol. The lowest BCUT2D eigenvalue weighted by atomic mass is 10.3. The van der Waals surface area contributed by atoms with E-state index in [0.29, 0.717) is 18.2 Å². The van der Waals surface area contributed by atoms with Crippen LogP contribution in [0.25, 0.3) is 6.08 Å². The van der Waals surface area contributed by atoms with Crippen LogP contribution in [-0.2, 0) is 0 Å². The van der Waals surface area contributed by atoms with Gasteiger partial charge in [0.05, 0.1) is 25.5 Å². The zero-order chi connectivity index (χ0) is 17.4. The number of aromatic nitrogens is 2. The SMILES string of the molecule is O=C(NC1=CN=CCN1)c1cnc2n1NC(N1CCC(F)(F)C1)C=C2. The highest BCUT2D eigenvalue weighted by atomic mass is 19.3. The predicted octanol–water partition coefficient (Wildman–Crippen LogP) is 0.323. The summed E-state index contributed by atoms with van der Waals surface area (Å²) in [4.78, 5) is 22.3. The van der Waals surface area contributed by atoms with Crippen molar-refractivity contribution in [2.45, 2.75) is 18.5 Å². The number of fused-ring (bicyclic) bond motifs is 1. The van der Waals surface area contributed by atoms with Crippen LogP contribution >= 0.6 is 0 Å². The van der Waals surface area contributed by atoms with Gasteiger partial charge < -0.3 is 16.1 Å². The summed E-state index contributed by atoms with van der Waals surface area (Å²) in [5.41, 5.74) is 3.36. The highest BCUT2D eigenvalue weighted by molar-refractivity contribution is 5.94. The Morgan fingerprint density at radius 2 is 2.32 bits per heavy atom. The molecule has 3 N–H and O–H groups in total. The lowest BCUT2D eigenvalue weighted by molar-refractivity contribution is 0.0101. The number of likely N-dealkylation sites (tertiary alicyclic amines) is 1. The van der Waals surface area contributed by atoms with Crippen molar-refractivity contribution < 1.29 is 13.6 Å². The quantitative estimate of drug-likeness (QED) is 0.732. The maximum Gasteiger partial charge on any atom is 0.277 e. The second-order valence-electron chi connectivity index (χ2n) is 6.06. The van der Waals surface area contributed by atoms with Gasteiger partial charge in [0.25, 0.3) is 11.8 Å². The van der Waals surface area contributed by atoms with Gasteiger partial charge in [-0.25, -0.2) is 18.4 Å². The molecule has 132 valence electrons. The van der Waals surface area contributed by atoms with Crippen LogP contribution in [0, 0.1) is 0 Å². The normalized spacial score (nSPS) is 24.2. The summed E-state index contributed by atoms with van der Waals surface area (Å²) in [6.07, 6.45) is 7.54. The van der Waals surface area contributed by atoms with Crippen molar-refractivity contribution >= 4 is 18.2 Å². The first kappa shape index (κ1) is 15.8. The van der Waals surface area contributed by atoms with Crippen LogP contribution in [0.3, 0.4) is 0 Å². The minimum atomic E-state index is -2.68. The zero-order valence-corrected chi connectivity index (χ0v) is 13.2. The summed E-state index contributed by atoms with van der Waals surface area (Å²) in [5, 5.41) is 5.69. The van der Waals surface area contributed by atoms with E-state index in [1.807, 2.05) is 0 Å². The number of aliphatic imine (C=N–C) groups is 1. The van der Waals surface area contributed by atoms with Crippen LogP contribution < -0.4 is 16.1 Å². The van der Waals surface area contributed by atoms with E-state index < -0.39 is 12.1 Å². The molecule has 4 heterocycles. The van der Waals surface area contributed by atoms with Crippen molar-refractivity contribution in [2.24, 2.45) is 4.99 Å². The van der Waals surface area contributed by atoms with Crippen LogP contribution in [0.5, 0.6) is 0 Å². The number of nitrogens with one attached hydrogen (secondary N) is 3. The fraction of sp³-hybridized carbons (Fsp3) is 0.400. The van der Waals surface area contributed by atoms with Gasteiger partial charge in [-0.2, -0.15) is 0 Å². The topological polar surface area (TPSA) is 86.6 Å². The molecule has 25 heavy (non-hydrogen) atoms. The number of alkyl halides is 2. The van der Waals surface area contributed by atoms with Crippen molar-refractivity contribution in [2.75, 3.05) is 25.1 Å². The van der Waals surface area contributed by atoms with E-state index in [9.17, 15) is 13.6 Å². The first-order chi connectivity index (χ1) is 12.0. The van der Waals surface area contributed by atoms with Crippen molar-refractivity contribution in [3.05, 3.63) is 35.8 Å². The van der Waals surface area contributed by atoms with Gasteiger partial charge in [-0.3, -0.25) is 14.7 Å². The van der Waals surface area contributed by atoms with Crippen molar-refractivity contribution in [3.63, 3.8) is 0 Å². The molecule has 4 rings (SSSR count). The van der Waals surface area contributed by atoms with Crippen LogP contribution in [0.15, 0.2) is 29.3 Å². The maximum atomic E-state index is 13.5. The third-order valence-corrected chi connectivity index (χ3v) is 4.24. The highest BCUT2D eigenvalue weighted by Gasteiger charge is 2.41. The Hall–Kier alpha value is -2.75. The Morgan fingerprint density at radius 1 is 1.44 bits per heavy atom. The molecule has 3 aliphatic heterocycles. The number of carbonyl (C=O) groups excluding carboxylic acids is 1. The van der Waals surface area contributed by atoms with Crippen LogP contribution in [0.1, 0.15) is 22.7 Å². The number of hydrogen-bond donors (Lipinski definition) is 3. The Morgan fingerprint density at radius 3 is 3.04 bits per heavy atom. The molecular formula is C15H17F2N7O. The molecule has 1 aromatic rings. The Kier molecular flexibility index (Phi) is 3.75. The standard InChI is InChI=1S/C15H17F2N7O/c16-15(17)3-6-23(9-15)13-2-1-12-20-7-10(24(12)22-13)14(25)21-11-8-18-4-5-19-11/h1-2,4,7-8,13,19,22H,3,5-6,9H2,(H,21,25). The average molecular weight is 349 g/mol. The van der Waals surface area contributed by atoms with Gasteiger partial charge in [0.2, 0.25) is 0 Å². The molecule has 1 unspecified atom stereocenters. The number of carbonyl (C=O) groups is 1. The molecule has 0 spiro atoms. The molecule has 0 aliphatic carbocycles. The summed E-state index contributed by atoms with van der Waals surface area (Å²) < 4.78 is 28.4. The van der Waals surface area contributed by atoms with Gasteiger partial charge in [-0.15, -0.1) is 0 Å². The van der Waals surface area contributed by atoms with Gasteiger partial charge in [-0.1, -0.05) is 0 Å². The molecule has 0 saturated carbocycles. The summed E-state index contributed by atoms with van der Waals surface area (Å²) in [6, 6.07) is 0. The lowest BCUT2D eigenvalue weighted by Crippen LogP contribution is -2.46. The molecule has 0 aromatic carbocycles. The number of nitrogens with zero attached hydrogens (tertiary/aromatic N) is 4. The van der Waals surface area contributed by atoms with Gasteiger partial charge in [0, 0.05) is 19.2 Å². The third-order valence-electron chi connectivity index (χ3n) is 4.24. The second kappa shape index (κ2) is 5.96. The molecule has 8 nitrogen and oxygen atoms in total. The highest BCUT2D eigenvalue weighted by Crippen LogP contribution is 2.29. The zero-order valence-electron chi connectivity index (χ0n) is 13.2. The Labute approximate surface area is 142 Å². The molecule has 1 atom stereocenters. The molecule has 3 aliphatic rings. The van der Waals surface area contributed by atoms with Crippen LogP contribution in [0.4, 0.5) is 8.78 Å². The number of imidazole rings is 1. The molecular weight excluding hydrogens is 332 g/mol. The minimum Gasteiger partial charge on any atom is -0.365 e. The van der Waals surface area contributed by atoms with E-state index in [0.717, 1.165) is 0 Å². The second-order valence-corrected chi connectivity index (χ2v) is 6.06. The number of hydrogen-bond acceptors (Lipinski definition) is 6. The van der Waals surface area contributed by atoms with Crippen LogP contribution in [-0.4, -0.2) is 58.4 Å². The maximum absolute atomic E-state index is 13.5. The number of amides is 1. The minimum absolute atomic E-state index is 0.163. The smallest absolute Gasteiger partial charge is 0.277 e. The number of rotatable bonds is 3. The van der Waals surface area contributed by atoms with E-state index in [4.69, 9.17) is 0 Å². The average Bonchev–Trinajstić information content (AvgIpc) is 3.18. The largest absolute Gasteiger partial charge is 0.365 e. The molecule has 10 heteroatoms. The van der Waals surface area contributed by atoms with E-state index >= 15 is 0 Å². The molecule has 0 bridgehead atoms. The lowest BCUT2D eigenvalue weighted by Gasteiger charge is -2.30.